The minimum Gasteiger partial charge on any atom is -0.427 e. The van der Waals surface area contributed by atoms with Crippen LogP contribution in [0.2, 0.25) is 6.32 Å². The van der Waals surface area contributed by atoms with Crippen LogP contribution < -0.4 is 5.73 Å². The summed E-state index contributed by atoms with van der Waals surface area (Å²) in [7, 11) is -1.17. The molecule has 4 N–H and O–H groups in total. The molecule has 0 amide bonds. The molecule has 1 aliphatic heterocycles. The first kappa shape index (κ1) is 16.0. The Hall–Kier alpha value is -0.395. The molecule has 1 aliphatic rings. The highest BCUT2D eigenvalue weighted by Crippen LogP contribution is 2.24. The van der Waals surface area contributed by atoms with Crippen molar-refractivity contribution in [2.45, 2.75) is 51.0 Å². The van der Waals surface area contributed by atoms with E-state index in [1.54, 1.807) is 4.88 Å². The maximum absolute atomic E-state index is 8.77. The third kappa shape index (κ3) is 5.18. The predicted octanol–water partition coefficient (Wildman–Crippen LogP) is 1.47. The van der Waals surface area contributed by atoms with Crippen LogP contribution in [0.5, 0.6) is 0 Å². The molecular formula is C14H25BN2O2S. The topological polar surface area (TPSA) is 69.7 Å². The molecule has 0 bridgehead atoms. The molecule has 4 nitrogen and oxygen atoms in total. The van der Waals surface area contributed by atoms with E-state index in [4.69, 9.17) is 15.8 Å². The quantitative estimate of drug-likeness (QED) is 0.502. The van der Waals surface area contributed by atoms with Gasteiger partial charge in [-0.1, -0.05) is 12.8 Å². The maximum atomic E-state index is 8.77. The second-order valence-electron chi connectivity index (χ2n) is 5.71. The van der Waals surface area contributed by atoms with Gasteiger partial charge in [-0.25, -0.2) is 0 Å². The van der Waals surface area contributed by atoms with Crippen LogP contribution in [0.3, 0.4) is 0 Å². The Morgan fingerprint density at radius 2 is 2.20 bits per heavy atom. The van der Waals surface area contributed by atoms with Crippen molar-refractivity contribution in [2.24, 2.45) is 5.73 Å². The molecule has 0 radical (unpaired) electrons. The Balaban J connectivity index is 1.58. The molecular weight excluding hydrogens is 271 g/mol. The Kier molecular flexibility index (Phi) is 6.51. The first-order chi connectivity index (χ1) is 9.65. The zero-order chi connectivity index (χ0) is 14.4. The van der Waals surface area contributed by atoms with Gasteiger partial charge in [0.1, 0.15) is 0 Å². The molecule has 0 aromatic carbocycles. The molecule has 1 atom stereocenters. The Bertz CT molecular complexity index is 400. The zero-order valence-corrected chi connectivity index (χ0v) is 12.8. The molecule has 112 valence electrons. The van der Waals surface area contributed by atoms with E-state index >= 15 is 0 Å². The van der Waals surface area contributed by atoms with E-state index in [0.29, 0.717) is 6.32 Å². The Labute approximate surface area is 125 Å². The van der Waals surface area contributed by atoms with E-state index in [2.05, 4.69) is 16.3 Å². The number of fused-ring (bicyclic) bond motifs is 1. The second kappa shape index (κ2) is 8.15. The summed E-state index contributed by atoms with van der Waals surface area (Å²) in [5.74, 6) is 0. The molecule has 0 aliphatic carbocycles. The van der Waals surface area contributed by atoms with Crippen molar-refractivity contribution in [1.29, 1.82) is 0 Å². The normalized spacial score (nSPS) is 16.9. The van der Waals surface area contributed by atoms with Gasteiger partial charge in [-0.3, -0.25) is 4.90 Å². The van der Waals surface area contributed by atoms with Crippen molar-refractivity contribution >= 4 is 18.5 Å². The van der Waals surface area contributed by atoms with Gasteiger partial charge in [-0.15, -0.1) is 11.3 Å². The lowest BCUT2D eigenvalue weighted by atomic mass is 9.83. The SMILES string of the molecule is NC(CCCCB(O)O)CCN1CCc2sccc2C1. The van der Waals surface area contributed by atoms with Crippen LogP contribution in [-0.2, 0) is 13.0 Å². The minimum atomic E-state index is -1.17. The van der Waals surface area contributed by atoms with Gasteiger partial charge in [-0.2, -0.15) is 0 Å². The first-order valence-electron chi connectivity index (χ1n) is 7.54. The lowest BCUT2D eigenvalue weighted by molar-refractivity contribution is 0.244. The van der Waals surface area contributed by atoms with E-state index in [1.165, 1.54) is 12.0 Å². The molecule has 0 fully saturated rings. The number of nitrogens with zero attached hydrogens (tertiary/aromatic N) is 1. The average molecular weight is 296 g/mol. The van der Waals surface area contributed by atoms with Gasteiger partial charge in [0.15, 0.2) is 0 Å². The Morgan fingerprint density at radius 3 is 3.00 bits per heavy atom. The largest absolute Gasteiger partial charge is 0.451 e. The molecule has 0 spiro atoms. The van der Waals surface area contributed by atoms with Gasteiger partial charge >= 0.3 is 7.12 Å². The summed E-state index contributed by atoms with van der Waals surface area (Å²) in [5.41, 5.74) is 7.63. The lowest BCUT2D eigenvalue weighted by Crippen LogP contribution is -2.34. The van der Waals surface area contributed by atoms with Crippen molar-refractivity contribution in [3.8, 4) is 0 Å². The number of nitrogens with two attached hydrogens (primary N) is 1. The van der Waals surface area contributed by atoms with Crippen molar-refractivity contribution in [3.05, 3.63) is 21.9 Å². The maximum Gasteiger partial charge on any atom is 0.451 e. The van der Waals surface area contributed by atoms with Gasteiger partial charge in [0.2, 0.25) is 0 Å². The highest BCUT2D eigenvalue weighted by Gasteiger charge is 2.17. The van der Waals surface area contributed by atoms with Crippen LogP contribution in [0.1, 0.15) is 36.1 Å². The van der Waals surface area contributed by atoms with Crippen molar-refractivity contribution < 1.29 is 10.0 Å². The van der Waals surface area contributed by atoms with E-state index in [0.717, 1.165) is 45.3 Å². The number of hydrogen-bond acceptors (Lipinski definition) is 5. The summed E-state index contributed by atoms with van der Waals surface area (Å²) in [6, 6.07) is 2.47. The van der Waals surface area contributed by atoms with Crippen LogP contribution in [-0.4, -0.2) is 41.2 Å². The highest BCUT2D eigenvalue weighted by atomic mass is 32.1. The van der Waals surface area contributed by atoms with Gasteiger partial charge in [-0.05, 0) is 49.1 Å². The molecule has 6 heteroatoms. The first-order valence-corrected chi connectivity index (χ1v) is 8.42. The molecule has 2 rings (SSSR count). The van der Waals surface area contributed by atoms with E-state index in [-0.39, 0.29) is 6.04 Å². The summed E-state index contributed by atoms with van der Waals surface area (Å²) in [5, 5.41) is 19.7. The zero-order valence-electron chi connectivity index (χ0n) is 12.0. The van der Waals surface area contributed by atoms with Crippen LogP contribution >= 0.6 is 11.3 Å². The van der Waals surface area contributed by atoms with Gasteiger partial charge in [0, 0.05) is 24.0 Å². The molecule has 0 saturated carbocycles. The molecule has 1 aromatic rings. The fourth-order valence-corrected chi connectivity index (χ4v) is 3.61. The third-order valence-electron chi connectivity index (χ3n) is 3.99. The summed E-state index contributed by atoms with van der Waals surface area (Å²) in [4.78, 5) is 4.04. The lowest BCUT2D eigenvalue weighted by Gasteiger charge is -2.27. The molecule has 1 unspecified atom stereocenters. The third-order valence-corrected chi connectivity index (χ3v) is 5.01. The van der Waals surface area contributed by atoms with Crippen molar-refractivity contribution in [2.75, 3.05) is 13.1 Å². The second-order valence-corrected chi connectivity index (χ2v) is 6.71. The molecule has 1 aromatic heterocycles. The van der Waals surface area contributed by atoms with Crippen molar-refractivity contribution in [1.82, 2.24) is 4.90 Å². The summed E-state index contributed by atoms with van der Waals surface area (Å²) in [6.45, 7) is 3.29. The molecule has 20 heavy (non-hydrogen) atoms. The van der Waals surface area contributed by atoms with Crippen LogP contribution in [0.15, 0.2) is 11.4 Å². The predicted molar refractivity (Wildman–Crippen MR) is 84.7 cm³/mol. The summed E-state index contributed by atoms with van der Waals surface area (Å²) < 4.78 is 0. The number of rotatable bonds is 8. The Morgan fingerprint density at radius 1 is 1.35 bits per heavy atom. The molecule has 0 saturated heterocycles. The monoisotopic (exact) mass is 296 g/mol. The van der Waals surface area contributed by atoms with Gasteiger partial charge < -0.3 is 15.8 Å². The standard InChI is InChI=1S/C14H25BN2O2S/c16-13(3-1-2-7-15(18)19)4-8-17-9-5-14-12(11-17)6-10-20-14/h6,10,13,18-19H,1-5,7-9,11,16H2. The fraction of sp³-hybridized carbons (Fsp3) is 0.714. The smallest absolute Gasteiger partial charge is 0.427 e. The number of thiophene rings is 1. The van der Waals surface area contributed by atoms with Crippen LogP contribution in [0, 0.1) is 0 Å². The summed E-state index contributed by atoms with van der Waals surface area (Å²) in [6.07, 6.45) is 5.46. The van der Waals surface area contributed by atoms with E-state index in [9.17, 15) is 0 Å². The highest BCUT2D eigenvalue weighted by molar-refractivity contribution is 7.10. The van der Waals surface area contributed by atoms with Crippen LogP contribution in [0.25, 0.3) is 0 Å². The fourth-order valence-electron chi connectivity index (χ4n) is 2.72. The molecule has 2 heterocycles. The van der Waals surface area contributed by atoms with E-state index < -0.39 is 7.12 Å². The number of unbranched alkanes of at least 4 members (excludes halogenated alkanes) is 1. The van der Waals surface area contributed by atoms with E-state index in [1.807, 2.05) is 11.3 Å². The van der Waals surface area contributed by atoms with Gasteiger partial charge in [0.25, 0.3) is 0 Å². The van der Waals surface area contributed by atoms with Crippen molar-refractivity contribution in [3.63, 3.8) is 0 Å². The average Bonchev–Trinajstić information content (AvgIpc) is 2.88. The van der Waals surface area contributed by atoms with Gasteiger partial charge in [0.05, 0.1) is 0 Å². The number of hydrogen-bond donors (Lipinski definition) is 3. The van der Waals surface area contributed by atoms with Crippen LogP contribution in [0.4, 0.5) is 0 Å². The minimum absolute atomic E-state index is 0.231. The summed E-state index contributed by atoms with van der Waals surface area (Å²) >= 11 is 1.88.